The summed E-state index contributed by atoms with van der Waals surface area (Å²) in [5.74, 6) is -0.371. The molecule has 3 aliphatic heterocycles. The maximum absolute atomic E-state index is 13.1. The van der Waals surface area contributed by atoms with Gasteiger partial charge in [-0.2, -0.15) is 0 Å². The van der Waals surface area contributed by atoms with Crippen molar-refractivity contribution in [2.24, 2.45) is 5.92 Å². The van der Waals surface area contributed by atoms with Crippen LogP contribution in [-0.2, 0) is 22.6 Å². The van der Waals surface area contributed by atoms with E-state index in [1.165, 1.54) is 24.2 Å². The molecule has 7 nitrogen and oxygen atoms in total. The van der Waals surface area contributed by atoms with Gasteiger partial charge in [0, 0.05) is 18.0 Å². The highest BCUT2D eigenvalue weighted by atomic mass is 16.7. The Morgan fingerprint density at radius 3 is 1.98 bits per heavy atom. The third-order valence-electron chi connectivity index (χ3n) is 9.73. The van der Waals surface area contributed by atoms with Crippen molar-refractivity contribution >= 4 is 11.8 Å². The Bertz CT molecular complexity index is 1660. The number of ether oxygens (including phenoxy) is 2. The molecule has 3 aliphatic rings. The Balaban J connectivity index is 1.13. The van der Waals surface area contributed by atoms with Crippen molar-refractivity contribution in [3.05, 3.63) is 130 Å². The first kappa shape index (κ1) is 30.5. The van der Waals surface area contributed by atoms with E-state index in [1.807, 2.05) is 36.4 Å². The van der Waals surface area contributed by atoms with E-state index in [9.17, 15) is 14.7 Å². The van der Waals surface area contributed by atoms with Crippen LogP contribution in [0.2, 0.25) is 0 Å². The van der Waals surface area contributed by atoms with Crippen molar-refractivity contribution < 1.29 is 24.2 Å². The lowest BCUT2D eigenvalue weighted by Gasteiger charge is -2.43. The number of carbonyl (C=O) groups is 2. The van der Waals surface area contributed by atoms with E-state index < -0.39 is 6.29 Å². The molecule has 7 rings (SSSR count). The SMILES string of the molecule is CC1C(CN2CCCCC2)OC(c2ccc(-c3ccccc3CN3C(=O)c4ccccc4C3=O)cc2)OC1c1ccc(CO)cc1. The summed E-state index contributed by atoms with van der Waals surface area (Å²) in [4.78, 5) is 30.0. The first-order chi connectivity index (χ1) is 22.5. The summed E-state index contributed by atoms with van der Waals surface area (Å²) in [7, 11) is 0. The molecule has 0 radical (unpaired) electrons. The van der Waals surface area contributed by atoms with E-state index >= 15 is 0 Å². The molecular weight excluding hydrogens is 576 g/mol. The molecule has 3 heterocycles. The normalized spacial score (nSPS) is 23.5. The van der Waals surface area contributed by atoms with Crippen molar-refractivity contribution in [1.82, 2.24) is 9.80 Å². The summed E-state index contributed by atoms with van der Waals surface area (Å²) in [6, 6.07) is 31.2. The van der Waals surface area contributed by atoms with Crippen LogP contribution in [0.25, 0.3) is 11.1 Å². The second kappa shape index (κ2) is 13.3. The molecule has 2 amide bonds. The van der Waals surface area contributed by atoms with E-state index in [-0.39, 0.29) is 43.1 Å². The minimum Gasteiger partial charge on any atom is -0.392 e. The van der Waals surface area contributed by atoms with Gasteiger partial charge in [-0.05, 0) is 65.9 Å². The Labute approximate surface area is 270 Å². The van der Waals surface area contributed by atoms with E-state index in [2.05, 4.69) is 48.2 Å². The Kier molecular flexibility index (Phi) is 8.82. The molecular formula is C39H40N2O5. The number of aliphatic hydroxyl groups is 1. The van der Waals surface area contributed by atoms with Crippen LogP contribution < -0.4 is 0 Å². The van der Waals surface area contributed by atoms with Gasteiger partial charge in [-0.15, -0.1) is 0 Å². The molecule has 236 valence electrons. The number of hydrogen-bond acceptors (Lipinski definition) is 6. The first-order valence-corrected chi connectivity index (χ1v) is 16.4. The monoisotopic (exact) mass is 616 g/mol. The average Bonchev–Trinajstić information content (AvgIpc) is 3.35. The van der Waals surface area contributed by atoms with Crippen LogP contribution in [0, 0.1) is 5.92 Å². The number of nitrogens with zero attached hydrogens (tertiary/aromatic N) is 2. The summed E-state index contributed by atoms with van der Waals surface area (Å²) < 4.78 is 13.4. The number of hydrogen-bond donors (Lipinski definition) is 1. The van der Waals surface area contributed by atoms with Gasteiger partial charge < -0.3 is 19.5 Å². The number of imide groups is 1. The predicted molar refractivity (Wildman–Crippen MR) is 176 cm³/mol. The second-order valence-electron chi connectivity index (χ2n) is 12.7. The third-order valence-corrected chi connectivity index (χ3v) is 9.73. The molecule has 2 fully saturated rings. The lowest BCUT2D eigenvalue weighted by Crippen LogP contribution is -2.45. The van der Waals surface area contributed by atoms with Crippen molar-refractivity contribution in [2.45, 2.75) is 57.8 Å². The Morgan fingerprint density at radius 2 is 1.33 bits per heavy atom. The highest BCUT2D eigenvalue weighted by Gasteiger charge is 2.39. The third kappa shape index (κ3) is 6.04. The fourth-order valence-electron chi connectivity index (χ4n) is 7.04. The van der Waals surface area contributed by atoms with Crippen molar-refractivity contribution in [3.8, 4) is 11.1 Å². The smallest absolute Gasteiger partial charge is 0.261 e. The van der Waals surface area contributed by atoms with Crippen LogP contribution in [0.5, 0.6) is 0 Å². The molecule has 4 aromatic rings. The number of fused-ring (bicyclic) bond motifs is 1. The highest BCUT2D eigenvalue weighted by Crippen LogP contribution is 2.42. The van der Waals surface area contributed by atoms with E-state index in [4.69, 9.17) is 9.47 Å². The summed E-state index contributed by atoms with van der Waals surface area (Å²) in [5, 5.41) is 9.57. The Hall–Kier alpha value is -4.14. The molecule has 7 heteroatoms. The maximum atomic E-state index is 13.1. The minimum absolute atomic E-state index is 0.000529. The molecule has 2 saturated heterocycles. The minimum atomic E-state index is -0.531. The zero-order chi connectivity index (χ0) is 31.6. The van der Waals surface area contributed by atoms with Crippen LogP contribution in [0.3, 0.4) is 0 Å². The van der Waals surface area contributed by atoms with Gasteiger partial charge in [-0.3, -0.25) is 14.5 Å². The highest BCUT2D eigenvalue weighted by molar-refractivity contribution is 6.21. The van der Waals surface area contributed by atoms with Gasteiger partial charge in [0.05, 0.1) is 36.5 Å². The van der Waals surface area contributed by atoms with Gasteiger partial charge in [0.2, 0.25) is 0 Å². The number of amides is 2. The fourth-order valence-corrected chi connectivity index (χ4v) is 7.04. The van der Waals surface area contributed by atoms with Crippen LogP contribution in [0.4, 0.5) is 0 Å². The quantitative estimate of drug-likeness (QED) is 0.217. The van der Waals surface area contributed by atoms with Crippen molar-refractivity contribution in [2.75, 3.05) is 19.6 Å². The lowest BCUT2D eigenvalue weighted by molar-refractivity contribution is -0.276. The molecule has 0 aromatic heterocycles. The van der Waals surface area contributed by atoms with Gasteiger partial charge in [0.25, 0.3) is 11.8 Å². The van der Waals surface area contributed by atoms with Crippen LogP contribution in [-0.4, -0.2) is 52.5 Å². The summed E-state index contributed by atoms with van der Waals surface area (Å²) >= 11 is 0. The number of benzene rings is 4. The number of aliphatic hydroxyl groups excluding tert-OH is 1. The van der Waals surface area contributed by atoms with Crippen molar-refractivity contribution in [3.63, 3.8) is 0 Å². The molecule has 4 aromatic carbocycles. The number of carbonyl (C=O) groups excluding carboxylic acids is 2. The lowest BCUT2D eigenvalue weighted by atomic mass is 9.89. The van der Waals surface area contributed by atoms with E-state index in [0.717, 1.165) is 53.0 Å². The van der Waals surface area contributed by atoms with Gasteiger partial charge >= 0.3 is 0 Å². The van der Waals surface area contributed by atoms with Gasteiger partial charge in [-0.25, -0.2) is 0 Å². The average molecular weight is 617 g/mol. The standard InChI is InChI=1S/C39H40N2O5/c1-26-35(24-40-21-7-2-8-22-40)45-39(46-36(26)29-15-13-27(25-42)14-16-29)30-19-17-28(18-20-30)32-10-4-3-9-31(32)23-41-37(43)33-11-5-6-12-34(33)38(41)44/h3-6,9-20,26,35-36,39,42H,2,7-8,21-25H2,1H3. The van der Waals surface area contributed by atoms with Gasteiger partial charge in [0.15, 0.2) is 6.29 Å². The largest absolute Gasteiger partial charge is 0.392 e. The number of rotatable bonds is 8. The summed E-state index contributed by atoms with van der Waals surface area (Å²) in [5.41, 5.74) is 6.67. The number of piperidine rings is 1. The molecule has 4 atom stereocenters. The zero-order valence-electron chi connectivity index (χ0n) is 26.2. The van der Waals surface area contributed by atoms with Gasteiger partial charge in [0.1, 0.15) is 0 Å². The second-order valence-corrected chi connectivity index (χ2v) is 12.7. The summed E-state index contributed by atoms with van der Waals surface area (Å²) in [6.07, 6.45) is 3.06. The molecule has 1 N–H and O–H groups in total. The van der Waals surface area contributed by atoms with Crippen molar-refractivity contribution in [1.29, 1.82) is 0 Å². The van der Waals surface area contributed by atoms with E-state index in [0.29, 0.717) is 11.1 Å². The predicted octanol–water partition coefficient (Wildman–Crippen LogP) is 6.92. The van der Waals surface area contributed by atoms with Crippen LogP contribution in [0.1, 0.15) is 81.5 Å². The molecule has 0 aliphatic carbocycles. The molecule has 4 unspecified atom stereocenters. The molecule has 0 spiro atoms. The molecule has 0 saturated carbocycles. The fraction of sp³-hybridized carbons (Fsp3) is 0.333. The molecule has 46 heavy (non-hydrogen) atoms. The van der Waals surface area contributed by atoms with Crippen LogP contribution >= 0.6 is 0 Å². The van der Waals surface area contributed by atoms with Gasteiger partial charge in [-0.1, -0.05) is 98.3 Å². The van der Waals surface area contributed by atoms with E-state index in [1.54, 1.807) is 24.3 Å². The Morgan fingerprint density at radius 1 is 0.717 bits per heavy atom. The zero-order valence-corrected chi connectivity index (χ0v) is 26.2. The topological polar surface area (TPSA) is 79.3 Å². The molecule has 0 bridgehead atoms. The maximum Gasteiger partial charge on any atom is 0.261 e. The first-order valence-electron chi connectivity index (χ1n) is 16.4. The summed E-state index contributed by atoms with van der Waals surface area (Å²) in [6.45, 7) is 5.50. The van der Waals surface area contributed by atoms with Crippen LogP contribution in [0.15, 0.2) is 97.1 Å². The number of likely N-dealkylation sites (tertiary alicyclic amines) is 1.